The molecule has 0 aliphatic rings. The van der Waals surface area contributed by atoms with Gasteiger partial charge in [-0.15, -0.1) is 11.3 Å². The lowest BCUT2D eigenvalue weighted by Crippen LogP contribution is -2.19. The van der Waals surface area contributed by atoms with Crippen LogP contribution in [0.4, 0.5) is 0 Å². The molecule has 1 nitrogen and oxygen atoms in total. The summed E-state index contributed by atoms with van der Waals surface area (Å²) in [4.78, 5) is 1.37. The normalized spacial score (nSPS) is 12.8. The first-order chi connectivity index (χ1) is 6.11. The molecule has 0 fully saturated rings. The van der Waals surface area contributed by atoms with Gasteiger partial charge in [-0.05, 0) is 30.9 Å². The van der Waals surface area contributed by atoms with Crippen LogP contribution in [0.5, 0.6) is 0 Å². The van der Waals surface area contributed by atoms with Crippen LogP contribution < -0.4 is 5.32 Å². The average Bonchev–Trinajstić information content (AvgIpc) is 2.47. The Morgan fingerprint density at radius 1 is 1.77 bits per heavy atom. The van der Waals surface area contributed by atoms with Crippen molar-refractivity contribution in [1.29, 1.82) is 0 Å². The third-order valence-corrected chi connectivity index (χ3v) is 3.23. The van der Waals surface area contributed by atoms with Gasteiger partial charge in [-0.25, -0.2) is 0 Å². The summed E-state index contributed by atoms with van der Waals surface area (Å²) in [5.41, 5.74) is 1.34. The Labute approximate surface area is 88.4 Å². The predicted octanol–water partition coefficient (Wildman–Crippen LogP) is 3.46. The molecule has 0 saturated carbocycles. The second kappa shape index (κ2) is 4.80. The van der Waals surface area contributed by atoms with Crippen LogP contribution in [0.3, 0.4) is 0 Å². The van der Waals surface area contributed by atoms with Crippen molar-refractivity contribution < 1.29 is 0 Å². The van der Waals surface area contributed by atoms with E-state index >= 15 is 0 Å². The van der Waals surface area contributed by atoms with E-state index in [2.05, 4.69) is 37.2 Å². The molecule has 72 valence electrons. The molecule has 1 unspecified atom stereocenters. The standard InChI is InChI=1S/C10H14ClNS/c1-7-4-5-13-10(7)9(3)12-6-8(2)11/h4-5,9,12H,2,6H2,1,3H3. The fourth-order valence-corrected chi connectivity index (χ4v) is 2.22. The lowest BCUT2D eigenvalue weighted by molar-refractivity contribution is 0.622. The van der Waals surface area contributed by atoms with Gasteiger partial charge in [0.2, 0.25) is 0 Å². The van der Waals surface area contributed by atoms with E-state index in [-0.39, 0.29) is 0 Å². The number of hydrogen-bond donors (Lipinski definition) is 1. The summed E-state index contributed by atoms with van der Waals surface area (Å²) in [6.45, 7) is 8.57. The number of nitrogens with one attached hydrogen (secondary N) is 1. The van der Waals surface area contributed by atoms with Crippen LogP contribution in [0.2, 0.25) is 0 Å². The van der Waals surface area contributed by atoms with Crippen LogP contribution in [0.1, 0.15) is 23.4 Å². The Kier molecular flexibility index (Phi) is 3.97. The number of aryl methyl sites for hydroxylation is 1. The van der Waals surface area contributed by atoms with Crippen LogP contribution in [0.25, 0.3) is 0 Å². The highest BCUT2D eigenvalue weighted by Crippen LogP contribution is 2.23. The highest BCUT2D eigenvalue weighted by Gasteiger charge is 2.08. The highest BCUT2D eigenvalue weighted by molar-refractivity contribution is 7.10. The van der Waals surface area contributed by atoms with Crippen LogP contribution in [-0.4, -0.2) is 6.54 Å². The summed E-state index contributed by atoms with van der Waals surface area (Å²) < 4.78 is 0. The maximum absolute atomic E-state index is 5.67. The molecule has 1 N–H and O–H groups in total. The lowest BCUT2D eigenvalue weighted by Gasteiger charge is -2.12. The second-order valence-corrected chi connectivity index (χ2v) is 4.57. The molecule has 0 radical (unpaired) electrons. The zero-order valence-corrected chi connectivity index (χ0v) is 9.50. The first kappa shape index (κ1) is 10.8. The Hall–Kier alpha value is -0.310. The van der Waals surface area contributed by atoms with Crippen molar-refractivity contribution in [1.82, 2.24) is 5.32 Å². The molecule has 0 aliphatic heterocycles. The minimum atomic E-state index is 0.357. The average molecular weight is 216 g/mol. The molecule has 0 spiro atoms. The number of rotatable bonds is 4. The van der Waals surface area contributed by atoms with Crippen molar-refractivity contribution in [2.24, 2.45) is 0 Å². The fourth-order valence-electron chi connectivity index (χ4n) is 1.18. The molecule has 3 heteroatoms. The minimum absolute atomic E-state index is 0.357. The smallest absolute Gasteiger partial charge is 0.0391 e. The monoisotopic (exact) mass is 215 g/mol. The van der Waals surface area contributed by atoms with Gasteiger partial charge in [0.25, 0.3) is 0 Å². The van der Waals surface area contributed by atoms with Crippen molar-refractivity contribution in [2.75, 3.05) is 6.54 Å². The number of halogens is 1. The van der Waals surface area contributed by atoms with Crippen LogP contribution in [0.15, 0.2) is 23.1 Å². The third-order valence-electron chi connectivity index (χ3n) is 1.90. The molecule has 13 heavy (non-hydrogen) atoms. The first-order valence-corrected chi connectivity index (χ1v) is 5.47. The van der Waals surface area contributed by atoms with E-state index in [4.69, 9.17) is 11.6 Å². The number of thiophene rings is 1. The third kappa shape index (κ3) is 3.14. The maximum atomic E-state index is 5.67. The molecular weight excluding hydrogens is 202 g/mol. The highest BCUT2D eigenvalue weighted by atomic mass is 35.5. The largest absolute Gasteiger partial charge is 0.304 e. The summed E-state index contributed by atoms with van der Waals surface area (Å²) in [7, 11) is 0. The van der Waals surface area contributed by atoms with Crippen molar-refractivity contribution in [3.05, 3.63) is 33.5 Å². The van der Waals surface area contributed by atoms with Gasteiger partial charge in [0.1, 0.15) is 0 Å². The van der Waals surface area contributed by atoms with E-state index in [1.807, 2.05) is 0 Å². The summed E-state index contributed by atoms with van der Waals surface area (Å²) in [5, 5.41) is 6.07. The van der Waals surface area contributed by atoms with E-state index in [9.17, 15) is 0 Å². The van der Waals surface area contributed by atoms with Gasteiger partial charge >= 0.3 is 0 Å². The molecule has 1 heterocycles. The van der Waals surface area contributed by atoms with Crippen molar-refractivity contribution in [3.63, 3.8) is 0 Å². The summed E-state index contributed by atoms with van der Waals surface area (Å²) in [5.74, 6) is 0. The van der Waals surface area contributed by atoms with Crippen molar-refractivity contribution >= 4 is 22.9 Å². The molecule has 0 aliphatic carbocycles. The SMILES string of the molecule is C=C(Cl)CNC(C)c1sccc1C. The van der Waals surface area contributed by atoms with Gasteiger partial charge in [-0.2, -0.15) is 0 Å². The maximum Gasteiger partial charge on any atom is 0.0391 e. The van der Waals surface area contributed by atoms with Gasteiger partial charge < -0.3 is 5.32 Å². The van der Waals surface area contributed by atoms with Crippen LogP contribution in [-0.2, 0) is 0 Å². The second-order valence-electron chi connectivity index (χ2n) is 3.09. The van der Waals surface area contributed by atoms with Crippen molar-refractivity contribution in [2.45, 2.75) is 19.9 Å². The summed E-state index contributed by atoms with van der Waals surface area (Å²) in [6, 6.07) is 2.49. The Morgan fingerprint density at radius 2 is 2.46 bits per heavy atom. The van der Waals surface area contributed by atoms with E-state index in [0.717, 1.165) is 0 Å². The van der Waals surface area contributed by atoms with Crippen molar-refractivity contribution in [3.8, 4) is 0 Å². The van der Waals surface area contributed by atoms with Gasteiger partial charge in [0.05, 0.1) is 0 Å². The molecule has 0 aromatic carbocycles. The zero-order chi connectivity index (χ0) is 9.84. The summed E-state index contributed by atoms with van der Waals surface area (Å²) >= 11 is 7.44. The van der Waals surface area contributed by atoms with Crippen LogP contribution in [0, 0.1) is 6.92 Å². The fraction of sp³-hybridized carbons (Fsp3) is 0.400. The lowest BCUT2D eigenvalue weighted by atomic mass is 10.2. The first-order valence-electron chi connectivity index (χ1n) is 4.22. The van der Waals surface area contributed by atoms with Gasteiger partial charge in [0, 0.05) is 22.5 Å². The van der Waals surface area contributed by atoms with Gasteiger partial charge in [-0.1, -0.05) is 18.2 Å². The summed E-state index contributed by atoms with van der Waals surface area (Å²) in [6.07, 6.45) is 0. The molecule has 0 bridgehead atoms. The predicted molar refractivity (Wildman–Crippen MR) is 60.5 cm³/mol. The Morgan fingerprint density at radius 3 is 2.92 bits per heavy atom. The van der Waals surface area contributed by atoms with E-state index in [1.165, 1.54) is 10.4 Å². The Balaban J connectivity index is 2.53. The van der Waals surface area contributed by atoms with E-state index in [1.54, 1.807) is 11.3 Å². The molecule has 0 amide bonds. The van der Waals surface area contributed by atoms with Crippen LogP contribution >= 0.6 is 22.9 Å². The number of hydrogen-bond acceptors (Lipinski definition) is 2. The van der Waals surface area contributed by atoms with Gasteiger partial charge in [-0.3, -0.25) is 0 Å². The molecule has 1 atom stereocenters. The quantitative estimate of drug-likeness (QED) is 0.811. The molecule has 1 aromatic rings. The minimum Gasteiger partial charge on any atom is -0.304 e. The molecule has 1 rings (SSSR count). The molecular formula is C10H14ClNS. The molecule has 0 saturated heterocycles. The molecule has 1 aromatic heterocycles. The Bertz CT molecular complexity index is 293. The van der Waals surface area contributed by atoms with Gasteiger partial charge in [0.15, 0.2) is 0 Å². The topological polar surface area (TPSA) is 12.0 Å². The zero-order valence-electron chi connectivity index (χ0n) is 7.93. The van der Waals surface area contributed by atoms with E-state index < -0.39 is 0 Å². The van der Waals surface area contributed by atoms with E-state index in [0.29, 0.717) is 17.6 Å².